The van der Waals surface area contributed by atoms with Gasteiger partial charge in [-0.3, -0.25) is 9.00 Å². The molecule has 0 aliphatic carbocycles. The van der Waals surface area contributed by atoms with Gasteiger partial charge in [0, 0.05) is 16.6 Å². The number of carbonyl (C=O) groups excluding carboxylic acids is 1. The van der Waals surface area contributed by atoms with Gasteiger partial charge in [0.1, 0.15) is 5.75 Å². The first-order chi connectivity index (χ1) is 8.65. The summed E-state index contributed by atoms with van der Waals surface area (Å²) in [5.41, 5.74) is 8.28. The predicted octanol–water partition coefficient (Wildman–Crippen LogP) is 2.15. The predicted molar refractivity (Wildman–Crippen MR) is 75.7 cm³/mol. The first kappa shape index (κ1) is 13.0. The summed E-state index contributed by atoms with van der Waals surface area (Å²) in [6.07, 6.45) is 0. The van der Waals surface area contributed by atoms with E-state index < -0.39 is 16.7 Å². The second-order valence-electron chi connectivity index (χ2n) is 3.90. The second-order valence-corrected chi connectivity index (χ2v) is 6.14. The highest BCUT2D eigenvalue weighted by atomic mass is 32.2. The van der Waals surface area contributed by atoms with Crippen LogP contribution in [-0.2, 0) is 21.3 Å². The van der Waals surface area contributed by atoms with Crippen LogP contribution in [0, 0.1) is 0 Å². The number of nitrogens with two attached hydrogens (primary N) is 1. The summed E-state index contributed by atoms with van der Waals surface area (Å²) in [4.78, 5) is 10.6. The number of thiophene rings is 1. The number of hydrogen-bond acceptors (Lipinski definition) is 3. The quantitative estimate of drug-likeness (QED) is 0.911. The third-order valence-electron chi connectivity index (χ3n) is 2.44. The Morgan fingerprint density at radius 3 is 2.44 bits per heavy atom. The zero-order valence-electron chi connectivity index (χ0n) is 9.67. The average molecular weight is 279 g/mol. The van der Waals surface area contributed by atoms with E-state index >= 15 is 0 Å². The van der Waals surface area contributed by atoms with Gasteiger partial charge in [0.2, 0.25) is 5.91 Å². The Morgan fingerprint density at radius 2 is 1.89 bits per heavy atom. The van der Waals surface area contributed by atoms with Crippen molar-refractivity contribution in [1.29, 1.82) is 0 Å². The maximum Gasteiger partial charge on any atom is 0.230 e. The molecule has 5 heteroatoms. The molecule has 2 aromatic rings. The van der Waals surface area contributed by atoms with Crippen molar-refractivity contribution in [2.24, 2.45) is 5.73 Å². The Bertz CT molecular complexity index is 547. The van der Waals surface area contributed by atoms with Gasteiger partial charge in [0.25, 0.3) is 0 Å². The van der Waals surface area contributed by atoms with Crippen molar-refractivity contribution >= 4 is 28.0 Å². The molecule has 2 rings (SSSR count). The van der Waals surface area contributed by atoms with E-state index in [9.17, 15) is 9.00 Å². The Morgan fingerprint density at radius 1 is 1.17 bits per heavy atom. The number of amides is 1. The minimum Gasteiger partial charge on any atom is -0.369 e. The smallest absolute Gasteiger partial charge is 0.230 e. The molecule has 0 saturated carbocycles. The van der Waals surface area contributed by atoms with E-state index in [0.29, 0.717) is 5.75 Å². The monoisotopic (exact) mass is 279 g/mol. The molecular weight excluding hydrogens is 266 g/mol. The summed E-state index contributed by atoms with van der Waals surface area (Å²) >= 11 is 1.66. The molecule has 0 fully saturated rings. The SMILES string of the molecule is NC(=O)CS(=O)Cc1ccc(-c2ccsc2)cc1. The van der Waals surface area contributed by atoms with Crippen molar-refractivity contribution in [3.8, 4) is 11.1 Å². The molecule has 0 aliphatic rings. The van der Waals surface area contributed by atoms with Crippen molar-refractivity contribution in [2.45, 2.75) is 5.75 Å². The first-order valence-electron chi connectivity index (χ1n) is 5.40. The molecule has 0 aliphatic heterocycles. The average Bonchev–Trinajstić information content (AvgIpc) is 2.82. The van der Waals surface area contributed by atoms with Crippen LogP contribution in [0.4, 0.5) is 0 Å². The Hall–Kier alpha value is -1.46. The standard InChI is InChI=1S/C13H13NO2S2/c14-13(15)9-18(16)8-10-1-3-11(4-2-10)12-5-6-17-7-12/h1-7H,8-9H2,(H2,14,15). The summed E-state index contributed by atoms with van der Waals surface area (Å²) in [7, 11) is -1.22. The lowest BCUT2D eigenvalue weighted by molar-refractivity contribution is -0.115. The summed E-state index contributed by atoms with van der Waals surface area (Å²) in [6, 6.07) is 9.93. The molecule has 1 amide bonds. The van der Waals surface area contributed by atoms with E-state index in [4.69, 9.17) is 5.73 Å². The van der Waals surface area contributed by atoms with Crippen molar-refractivity contribution in [3.05, 3.63) is 46.7 Å². The van der Waals surface area contributed by atoms with Crippen LogP contribution in [0.5, 0.6) is 0 Å². The molecule has 1 heterocycles. The molecule has 0 spiro atoms. The topological polar surface area (TPSA) is 60.2 Å². The van der Waals surface area contributed by atoms with E-state index in [2.05, 4.69) is 11.4 Å². The Kier molecular flexibility index (Phi) is 4.28. The largest absolute Gasteiger partial charge is 0.369 e. The number of rotatable bonds is 5. The van der Waals surface area contributed by atoms with E-state index in [1.807, 2.05) is 29.6 Å². The van der Waals surface area contributed by atoms with Crippen LogP contribution < -0.4 is 5.73 Å². The number of carbonyl (C=O) groups is 1. The summed E-state index contributed by atoms with van der Waals surface area (Å²) in [5.74, 6) is -0.234. The van der Waals surface area contributed by atoms with E-state index in [1.54, 1.807) is 11.3 Å². The van der Waals surface area contributed by atoms with Gasteiger partial charge in [0.15, 0.2) is 0 Å². The fourth-order valence-corrected chi connectivity index (χ4v) is 3.27. The van der Waals surface area contributed by atoms with Gasteiger partial charge < -0.3 is 5.73 Å². The molecule has 1 unspecified atom stereocenters. The lowest BCUT2D eigenvalue weighted by Gasteiger charge is -2.02. The Balaban J connectivity index is 2.04. The van der Waals surface area contributed by atoms with Crippen LogP contribution in [-0.4, -0.2) is 15.9 Å². The highest BCUT2D eigenvalue weighted by molar-refractivity contribution is 7.84. The number of benzene rings is 1. The Labute approximate surface area is 112 Å². The van der Waals surface area contributed by atoms with Gasteiger partial charge in [-0.15, -0.1) is 0 Å². The maximum absolute atomic E-state index is 11.5. The third-order valence-corrected chi connectivity index (χ3v) is 4.38. The minimum absolute atomic E-state index is 0.0771. The van der Waals surface area contributed by atoms with Crippen LogP contribution in [0.25, 0.3) is 11.1 Å². The maximum atomic E-state index is 11.5. The van der Waals surface area contributed by atoms with Crippen LogP contribution in [0.3, 0.4) is 0 Å². The summed E-state index contributed by atoms with van der Waals surface area (Å²) in [5, 5.41) is 4.12. The van der Waals surface area contributed by atoms with Gasteiger partial charge in [0.05, 0.1) is 0 Å². The van der Waals surface area contributed by atoms with Crippen molar-refractivity contribution in [1.82, 2.24) is 0 Å². The molecule has 0 radical (unpaired) electrons. The van der Waals surface area contributed by atoms with E-state index in [0.717, 1.165) is 11.1 Å². The van der Waals surface area contributed by atoms with E-state index in [1.165, 1.54) is 5.56 Å². The van der Waals surface area contributed by atoms with Crippen molar-refractivity contribution in [2.75, 3.05) is 5.75 Å². The fourth-order valence-electron chi connectivity index (χ4n) is 1.62. The lowest BCUT2D eigenvalue weighted by Crippen LogP contribution is -2.20. The van der Waals surface area contributed by atoms with Crippen molar-refractivity contribution < 1.29 is 9.00 Å². The molecule has 1 aromatic heterocycles. The van der Waals surface area contributed by atoms with Gasteiger partial charge in [-0.1, -0.05) is 24.3 Å². The number of hydrogen-bond donors (Lipinski definition) is 1. The van der Waals surface area contributed by atoms with Gasteiger partial charge in [-0.25, -0.2) is 0 Å². The van der Waals surface area contributed by atoms with Gasteiger partial charge in [-0.05, 0) is 33.5 Å². The molecule has 0 bridgehead atoms. The zero-order chi connectivity index (χ0) is 13.0. The highest BCUT2D eigenvalue weighted by Crippen LogP contribution is 2.22. The molecule has 2 N–H and O–H groups in total. The second kappa shape index (κ2) is 5.93. The summed E-state index contributed by atoms with van der Waals surface area (Å²) < 4.78 is 11.5. The van der Waals surface area contributed by atoms with Gasteiger partial charge >= 0.3 is 0 Å². The zero-order valence-corrected chi connectivity index (χ0v) is 11.3. The van der Waals surface area contributed by atoms with Crippen LogP contribution >= 0.6 is 11.3 Å². The molecule has 3 nitrogen and oxygen atoms in total. The van der Waals surface area contributed by atoms with Gasteiger partial charge in [-0.2, -0.15) is 11.3 Å². The molecule has 94 valence electrons. The van der Waals surface area contributed by atoms with Crippen LogP contribution in [0.2, 0.25) is 0 Å². The molecule has 18 heavy (non-hydrogen) atoms. The molecular formula is C13H13NO2S2. The first-order valence-corrected chi connectivity index (χ1v) is 7.83. The normalized spacial score (nSPS) is 12.2. The van der Waals surface area contributed by atoms with Crippen LogP contribution in [0.1, 0.15) is 5.56 Å². The fraction of sp³-hybridized carbons (Fsp3) is 0.154. The minimum atomic E-state index is -1.22. The third kappa shape index (κ3) is 3.51. The summed E-state index contributed by atoms with van der Waals surface area (Å²) in [6.45, 7) is 0. The molecule has 1 atom stereocenters. The lowest BCUT2D eigenvalue weighted by atomic mass is 10.1. The van der Waals surface area contributed by atoms with Crippen molar-refractivity contribution in [3.63, 3.8) is 0 Å². The number of primary amides is 1. The highest BCUT2D eigenvalue weighted by Gasteiger charge is 2.06. The van der Waals surface area contributed by atoms with Crippen LogP contribution in [0.15, 0.2) is 41.1 Å². The molecule has 0 saturated heterocycles. The van der Waals surface area contributed by atoms with E-state index in [-0.39, 0.29) is 5.75 Å². The molecule has 1 aromatic carbocycles.